The van der Waals surface area contributed by atoms with Crippen LogP contribution in [-0.4, -0.2) is 21.0 Å². The molecular weight excluding hydrogens is 382 g/mol. The third kappa shape index (κ3) is 5.33. The number of hydrogen-bond acceptors (Lipinski definition) is 7. The van der Waals surface area contributed by atoms with Gasteiger partial charge < -0.3 is 14.8 Å². The maximum Gasteiger partial charge on any atom is 0.230 e. The maximum atomic E-state index is 12.1. The first-order chi connectivity index (χ1) is 12.8. The minimum Gasteiger partial charge on any atom is -0.508 e. The molecule has 0 fully saturated rings. The van der Waals surface area contributed by atoms with Gasteiger partial charge >= 0.3 is 0 Å². The molecular formula is C19H21N3O3S2. The van der Waals surface area contributed by atoms with Gasteiger partial charge in [0, 0.05) is 11.0 Å². The maximum absolute atomic E-state index is 12.1. The Hall–Kier alpha value is -2.32. The summed E-state index contributed by atoms with van der Waals surface area (Å²) in [5.41, 5.74) is 0.519. The van der Waals surface area contributed by atoms with E-state index >= 15 is 0 Å². The highest BCUT2D eigenvalue weighted by Gasteiger charge is 2.19. The van der Waals surface area contributed by atoms with E-state index in [9.17, 15) is 9.90 Å². The largest absolute Gasteiger partial charge is 0.508 e. The van der Waals surface area contributed by atoms with Crippen LogP contribution in [0.1, 0.15) is 38.0 Å². The SMILES string of the molecule is CC(C)(C)c1cnc(CSc2cnc(NC(=O)Cc3ccccc3O)s2)o1. The van der Waals surface area contributed by atoms with Crippen LogP contribution in [0.4, 0.5) is 5.13 Å². The summed E-state index contributed by atoms with van der Waals surface area (Å²) < 4.78 is 6.74. The minimum absolute atomic E-state index is 0.0644. The van der Waals surface area contributed by atoms with Crippen LogP contribution >= 0.6 is 23.1 Å². The van der Waals surface area contributed by atoms with Crippen LogP contribution in [0.25, 0.3) is 0 Å². The normalized spacial score (nSPS) is 11.5. The van der Waals surface area contributed by atoms with Crippen molar-refractivity contribution in [2.24, 2.45) is 0 Å². The molecule has 3 rings (SSSR count). The number of phenolic OH excluding ortho intramolecular Hbond substituents is 1. The molecule has 1 amide bonds. The number of amides is 1. The number of nitrogens with zero attached hydrogens (tertiary/aromatic N) is 2. The van der Waals surface area contributed by atoms with Gasteiger partial charge in [0.2, 0.25) is 11.8 Å². The van der Waals surface area contributed by atoms with Gasteiger partial charge in [0.15, 0.2) is 5.13 Å². The van der Waals surface area contributed by atoms with Crippen LogP contribution in [0.3, 0.4) is 0 Å². The van der Waals surface area contributed by atoms with Crippen molar-refractivity contribution in [1.82, 2.24) is 9.97 Å². The van der Waals surface area contributed by atoms with E-state index in [1.54, 1.807) is 48.4 Å². The molecule has 2 aromatic heterocycles. The van der Waals surface area contributed by atoms with Gasteiger partial charge in [0.1, 0.15) is 11.5 Å². The van der Waals surface area contributed by atoms with Gasteiger partial charge in [-0.2, -0.15) is 0 Å². The molecule has 1 aromatic carbocycles. The highest BCUT2D eigenvalue weighted by molar-refractivity contribution is 8.00. The molecule has 0 aliphatic rings. The summed E-state index contributed by atoms with van der Waals surface area (Å²) in [5, 5.41) is 13.0. The molecule has 27 heavy (non-hydrogen) atoms. The number of thiazole rings is 1. The van der Waals surface area contributed by atoms with Gasteiger partial charge in [-0.05, 0) is 6.07 Å². The Bertz CT molecular complexity index is 928. The predicted molar refractivity (Wildman–Crippen MR) is 107 cm³/mol. The molecule has 0 aliphatic carbocycles. The van der Waals surface area contributed by atoms with Gasteiger partial charge in [-0.1, -0.05) is 50.3 Å². The smallest absolute Gasteiger partial charge is 0.230 e. The lowest BCUT2D eigenvalue weighted by Gasteiger charge is -2.12. The van der Waals surface area contributed by atoms with Gasteiger partial charge in [-0.25, -0.2) is 9.97 Å². The van der Waals surface area contributed by atoms with Crippen molar-refractivity contribution in [3.8, 4) is 5.75 Å². The molecule has 0 bridgehead atoms. The third-order valence-electron chi connectivity index (χ3n) is 3.70. The van der Waals surface area contributed by atoms with E-state index in [-0.39, 0.29) is 23.5 Å². The summed E-state index contributed by atoms with van der Waals surface area (Å²) in [4.78, 5) is 20.7. The molecule has 0 radical (unpaired) electrons. The zero-order valence-electron chi connectivity index (χ0n) is 15.4. The average molecular weight is 404 g/mol. The number of benzene rings is 1. The molecule has 6 nitrogen and oxygen atoms in total. The topological polar surface area (TPSA) is 88.2 Å². The lowest BCUT2D eigenvalue weighted by Crippen LogP contribution is -2.14. The van der Waals surface area contributed by atoms with E-state index in [4.69, 9.17) is 4.42 Å². The second-order valence-electron chi connectivity index (χ2n) is 7.00. The second kappa shape index (κ2) is 8.14. The van der Waals surface area contributed by atoms with Crippen molar-refractivity contribution in [2.75, 3.05) is 5.32 Å². The van der Waals surface area contributed by atoms with Crippen LogP contribution in [0.2, 0.25) is 0 Å². The summed E-state index contributed by atoms with van der Waals surface area (Å²) >= 11 is 2.96. The van der Waals surface area contributed by atoms with E-state index in [1.165, 1.54) is 11.3 Å². The minimum atomic E-state index is -0.218. The lowest BCUT2D eigenvalue weighted by atomic mass is 9.94. The molecule has 2 N–H and O–H groups in total. The van der Waals surface area contributed by atoms with Crippen LogP contribution in [-0.2, 0) is 22.4 Å². The standard InChI is InChI=1S/C19H21N3O3S2/c1-19(2,3)14-9-20-16(25-14)11-26-17-10-21-18(27-17)22-15(24)8-12-6-4-5-7-13(12)23/h4-7,9-10,23H,8,11H2,1-3H3,(H,21,22,24). The van der Waals surface area contributed by atoms with Gasteiger partial charge in [0.25, 0.3) is 0 Å². The van der Waals surface area contributed by atoms with Gasteiger partial charge in [0.05, 0.1) is 28.8 Å². The Balaban J connectivity index is 1.53. The Morgan fingerprint density at radius 3 is 2.74 bits per heavy atom. The van der Waals surface area contributed by atoms with Crippen LogP contribution < -0.4 is 5.32 Å². The summed E-state index contributed by atoms with van der Waals surface area (Å²) in [7, 11) is 0. The second-order valence-corrected chi connectivity index (χ2v) is 9.30. The Kier molecular flexibility index (Phi) is 5.86. The number of aromatic hydroxyl groups is 1. The van der Waals surface area contributed by atoms with Crippen LogP contribution in [0, 0.1) is 0 Å². The number of nitrogens with one attached hydrogen (secondary N) is 1. The summed E-state index contributed by atoms with van der Waals surface area (Å²) in [6.07, 6.45) is 3.59. The van der Waals surface area contributed by atoms with Gasteiger partial charge in [-0.3, -0.25) is 4.79 Å². The third-order valence-corrected chi connectivity index (χ3v) is 5.80. The number of para-hydroxylation sites is 1. The van der Waals surface area contributed by atoms with Crippen molar-refractivity contribution in [3.05, 3.63) is 53.9 Å². The first-order valence-corrected chi connectivity index (χ1v) is 10.2. The molecule has 0 saturated carbocycles. The van der Waals surface area contributed by atoms with E-state index < -0.39 is 0 Å². The summed E-state index contributed by atoms with van der Waals surface area (Å²) in [6.45, 7) is 6.24. The number of thioether (sulfide) groups is 1. The highest BCUT2D eigenvalue weighted by Crippen LogP contribution is 2.32. The fourth-order valence-corrected chi connectivity index (χ4v) is 3.98. The zero-order valence-corrected chi connectivity index (χ0v) is 17.0. The Morgan fingerprint density at radius 1 is 1.26 bits per heavy atom. The van der Waals surface area contributed by atoms with Gasteiger partial charge in [-0.15, -0.1) is 11.8 Å². The number of aromatic nitrogens is 2. The Morgan fingerprint density at radius 2 is 2.04 bits per heavy atom. The zero-order chi connectivity index (χ0) is 19.4. The monoisotopic (exact) mass is 403 g/mol. The van der Waals surface area contributed by atoms with Crippen LogP contribution in [0.5, 0.6) is 5.75 Å². The number of rotatable bonds is 6. The first kappa shape index (κ1) is 19.4. The molecule has 8 heteroatoms. The number of oxazole rings is 1. The van der Waals surface area contributed by atoms with E-state index in [1.807, 2.05) is 0 Å². The lowest BCUT2D eigenvalue weighted by molar-refractivity contribution is -0.115. The first-order valence-electron chi connectivity index (χ1n) is 8.42. The molecule has 0 atom stereocenters. The molecule has 2 heterocycles. The van der Waals surface area contributed by atoms with Crippen molar-refractivity contribution < 1.29 is 14.3 Å². The van der Waals surface area contributed by atoms with E-state index in [0.717, 1.165) is 9.97 Å². The average Bonchev–Trinajstić information content (AvgIpc) is 3.24. The number of hydrogen-bond donors (Lipinski definition) is 2. The van der Waals surface area contributed by atoms with E-state index in [2.05, 4.69) is 36.1 Å². The number of anilines is 1. The number of carbonyl (C=O) groups excluding carboxylic acids is 1. The van der Waals surface area contributed by atoms with E-state index in [0.29, 0.717) is 22.3 Å². The molecule has 0 unspecified atom stereocenters. The highest BCUT2D eigenvalue weighted by atomic mass is 32.2. The molecule has 3 aromatic rings. The number of phenols is 1. The predicted octanol–water partition coefficient (Wildman–Crippen LogP) is 4.61. The molecule has 0 spiro atoms. The molecule has 0 saturated heterocycles. The molecule has 142 valence electrons. The van der Waals surface area contributed by atoms with Crippen molar-refractivity contribution in [1.29, 1.82) is 0 Å². The fourth-order valence-electron chi connectivity index (χ4n) is 2.24. The fraction of sp³-hybridized carbons (Fsp3) is 0.316. The quantitative estimate of drug-likeness (QED) is 0.585. The Labute approximate surface area is 166 Å². The van der Waals surface area contributed by atoms with Crippen molar-refractivity contribution in [2.45, 2.75) is 42.6 Å². The number of carbonyl (C=O) groups is 1. The molecule has 0 aliphatic heterocycles. The van der Waals surface area contributed by atoms with Crippen molar-refractivity contribution >= 4 is 34.1 Å². The summed E-state index contributed by atoms with van der Waals surface area (Å²) in [6, 6.07) is 6.79. The summed E-state index contributed by atoms with van der Waals surface area (Å²) in [5.74, 6) is 2.03. The van der Waals surface area contributed by atoms with Crippen LogP contribution in [0.15, 0.2) is 45.3 Å². The van der Waals surface area contributed by atoms with Crippen molar-refractivity contribution in [3.63, 3.8) is 0 Å².